The number of nitrogens with zero attached hydrogens (tertiary/aromatic N) is 2. The van der Waals surface area contributed by atoms with Crippen LogP contribution in [0.25, 0.3) is 0 Å². The van der Waals surface area contributed by atoms with E-state index in [1.54, 1.807) is 0 Å². The minimum Gasteiger partial charge on any atom is -0.480 e. The van der Waals surface area contributed by atoms with Crippen molar-refractivity contribution >= 4 is 12.0 Å². The Kier molecular flexibility index (Phi) is 12.4. The van der Waals surface area contributed by atoms with E-state index in [0.29, 0.717) is 24.5 Å². The monoisotopic (exact) mass is 508 g/mol. The van der Waals surface area contributed by atoms with Crippen molar-refractivity contribution in [2.45, 2.75) is 64.1 Å². The Morgan fingerprint density at radius 1 is 0.946 bits per heavy atom. The molecule has 0 spiro atoms. The van der Waals surface area contributed by atoms with Crippen molar-refractivity contribution in [2.75, 3.05) is 32.7 Å². The summed E-state index contributed by atoms with van der Waals surface area (Å²) in [6.45, 7) is 6.69. The first-order valence-corrected chi connectivity index (χ1v) is 13.8. The minimum atomic E-state index is -0.782. The Labute approximate surface area is 222 Å². The molecule has 7 heteroatoms. The molecule has 0 radical (unpaired) electrons. The summed E-state index contributed by atoms with van der Waals surface area (Å²) in [5.41, 5.74) is 1.12. The van der Waals surface area contributed by atoms with Gasteiger partial charge >= 0.3 is 12.0 Å². The Bertz CT molecular complexity index is 877. The van der Waals surface area contributed by atoms with Crippen LogP contribution in [0.3, 0.4) is 0 Å². The van der Waals surface area contributed by atoms with Crippen molar-refractivity contribution in [3.63, 3.8) is 0 Å². The van der Waals surface area contributed by atoms with E-state index < -0.39 is 5.97 Å². The molecule has 2 atom stereocenters. The molecular weight excluding hydrogens is 464 g/mol. The average Bonchev–Trinajstić information content (AvgIpc) is 3.39. The molecule has 202 valence electrons. The molecule has 0 bridgehead atoms. The predicted molar refractivity (Wildman–Crippen MR) is 148 cm³/mol. The number of carbonyl (C=O) groups is 2. The maximum Gasteiger partial charge on any atom is 0.317 e. The smallest absolute Gasteiger partial charge is 0.317 e. The number of likely N-dealkylation sites (tertiary alicyclic amines) is 1. The van der Waals surface area contributed by atoms with Crippen LogP contribution >= 0.6 is 0 Å². The van der Waals surface area contributed by atoms with Crippen LogP contribution < -0.4 is 10.6 Å². The fourth-order valence-corrected chi connectivity index (χ4v) is 5.39. The molecule has 3 N–H and O–H groups in total. The first kappa shape index (κ1) is 28.7. The second-order valence-electron chi connectivity index (χ2n) is 10.2. The van der Waals surface area contributed by atoms with Gasteiger partial charge < -0.3 is 25.5 Å². The summed E-state index contributed by atoms with van der Waals surface area (Å²) in [6, 6.07) is 22.7. The lowest BCUT2D eigenvalue weighted by Crippen LogP contribution is -2.51. The summed E-state index contributed by atoms with van der Waals surface area (Å²) in [4.78, 5) is 28.2. The van der Waals surface area contributed by atoms with Crippen LogP contribution in [-0.2, 0) is 11.3 Å². The van der Waals surface area contributed by atoms with Crippen molar-refractivity contribution in [1.29, 1.82) is 0 Å². The van der Waals surface area contributed by atoms with Gasteiger partial charge in [-0.25, -0.2) is 4.79 Å². The van der Waals surface area contributed by atoms with E-state index in [1.165, 1.54) is 6.42 Å². The molecular formula is C30H44N4O3. The number of piperidine rings is 1. The lowest BCUT2D eigenvalue weighted by molar-refractivity contribution is -0.136. The van der Waals surface area contributed by atoms with Gasteiger partial charge in [0.1, 0.15) is 0 Å². The molecule has 1 saturated heterocycles. The first-order chi connectivity index (χ1) is 18.0. The highest BCUT2D eigenvalue weighted by atomic mass is 16.4. The number of carbonyl (C=O) groups excluding carboxylic acids is 1. The van der Waals surface area contributed by atoms with Gasteiger partial charge in [-0.2, -0.15) is 0 Å². The molecule has 1 aliphatic heterocycles. The van der Waals surface area contributed by atoms with E-state index in [0.717, 1.165) is 63.8 Å². The second kappa shape index (κ2) is 16.0. The molecule has 7 nitrogen and oxygen atoms in total. The molecule has 2 aromatic carbocycles. The molecule has 2 aromatic rings. The zero-order valence-electron chi connectivity index (χ0n) is 22.2. The molecule has 2 fully saturated rings. The number of hydrogen-bond acceptors (Lipinski definition) is 4. The van der Waals surface area contributed by atoms with E-state index >= 15 is 0 Å². The fraction of sp³-hybridized carbons (Fsp3) is 0.533. The number of hydrogen-bond donors (Lipinski definition) is 3. The number of amides is 2. The number of rotatable bonds is 10. The van der Waals surface area contributed by atoms with Gasteiger partial charge in [-0.05, 0) is 50.0 Å². The van der Waals surface area contributed by atoms with Crippen molar-refractivity contribution < 1.29 is 14.7 Å². The summed E-state index contributed by atoms with van der Waals surface area (Å²) in [6.07, 6.45) is 6.31. The quantitative estimate of drug-likeness (QED) is 0.437. The maximum absolute atomic E-state index is 12.9. The molecule has 2 aliphatic rings. The Morgan fingerprint density at radius 2 is 1.57 bits per heavy atom. The van der Waals surface area contributed by atoms with E-state index in [2.05, 4.69) is 22.5 Å². The van der Waals surface area contributed by atoms with Crippen LogP contribution in [0, 0.1) is 5.92 Å². The number of nitrogens with one attached hydrogen (secondary N) is 2. The minimum absolute atomic E-state index is 0.0484. The van der Waals surface area contributed by atoms with Gasteiger partial charge in [-0.1, -0.05) is 73.7 Å². The highest BCUT2D eigenvalue weighted by molar-refractivity contribution is 5.74. The van der Waals surface area contributed by atoms with Crippen LogP contribution in [0.2, 0.25) is 0 Å². The Balaban J connectivity index is 0.000000555. The SMILES string of the molecule is CCCN(C(=O)NCc1ccccc1)C1CCN(CC2CCC(NCC(=O)O)C2)CC1.c1ccccc1. The van der Waals surface area contributed by atoms with Crippen molar-refractivity contribution in [3.05, 3.63) is 72.3 Å². The van der Waals surface area contributed by atoms with E-state index in [4.69, 9.17) is 5.11 Å². The lowest BCUT2D eigenvalue weighted by Gasteiger charge is -2.39. The largest absolute Gasteiger partial charge is 0.480 e. The van der Waals surface area contributed by atoms with Gasteiger partial charge in [0.15, 0.2) is 0 Å². The number of benzene rings is 2. The maximum atomic E-state index is 12.9. The van der Waals surface area contributed by atoms with Crippen molar-refractivity contribution in [3.8, 4) is 0 Å². The third kappa shape index (κ3) is 10.5. The lowest BCUT2D eigenvalue weighted by atomic mass is 10.0. The van der Waals surface area contributed by atoms with Crippen LogP contribution in [0.4, 0.5) is 4.79 Å². The zero-order chi connectivity index (χ0) is 26.3. The highest BCUT2D eigenvalue weighted by Crippen LogP contribution is 2.28. The third-order valence-corrected chi connectivity index (χ3v) is 7.28. The fourth-order valence-electron chi connectivity index (χ4n) is 5.39. The molecule has 2 amide bonds. The van der Waals surface area contributed by atoms with Gasteiger partial charge in [0.05, 0.1) is 6.54 Å². The predicted octanol–water partition coefficient (Wildman–Crippen LogP) is 4.60. The number of aliphatic carboxylic acids is 1. The number of carboxylic acid groups (broad SMARTS) is 1. The summed E-state index contributed by atoms with van der Waals surface area (Å²) in [7, 11) is 0. The summed E-state index contributed by atoms with van der Waals surface area (Å²) in [5.74, 6) is -0.140. The molecule has 1 aliphatic carbocycles. The van der Waals surface area contributed by atoms with Crippen molar-refractivity contribution in [1.82, 2.24) is 20.4 Å². The normalized spacial score (nSPS) is 20.0. The van der Waals surface area contributed by atoms with E-state index in [1.807, 2.05) is 71.6 Å². The Morgan fingerprint density at radius 3 is 2.16 bits per heavy atom. The molecule has 4 rings (SSSR count). The third-order valence-electron chi connectivity index (χ3n) is 7.28. The summed E-state index contributed by atoms with van der Waals surface area (Å²) >= 11 is 0. The number of carboxylic acids is 1. The molecule has 37 heavy (non-hydrogen) atoms. The van der Waals surface area contributed by atoms with Crippen LogP contribution in [0.1, 0.15) is 51.0 Å². The summed E-state index contributed by atoms with van der Waals surface area (Å²) in [5, 5.41) is 15.1. The van der Waals surface area contributed by atoms with Crippen LogP contribution in [0.15, 0.2) is 66.7 Å². The molecule has 2 unspecified atom stereocenters. The standard InChI is InChI=1S/C24H38N4O3.C6H6/c1-2-12-28(24(31)26-16-19-6-4-3-5-7-19)22-10-13-27(14-11-22)18-20-8-9-21(15-20)25-17-23(29)30;1-2-4-6-5-3-1/h3-7,20-22,25H,2,8-18H2,1H3,(H,26,31)(H,29,30);1-6H. The molecule has 1 saturated carbocycles. The van der Waals surface area contributed by atoms with E-state index in [9.17, 15) is 9.59 Å². The molecule has 1 heterocycles. The highest BCUT2D eigenvalue weighted by Gasteiger charge is 2.30. The summed E-state index contributed by atoms with van der Waals surface area (Å²) < 4.78 is 0. The first-order valence-electron chi connectivity index (χ1n) is 13.8. The number of urea groups is 1. The van der Waals surface area contributed by atoms with Crippen molar-refractivity contribution in [2.24, 2.45) is 5.92 Å². The van der Waals surface area contributed by atoms with E-state index in [-0.39, 0.29) is 12.6 Å². The van der Waals surface area contributed by atoms with Gasteiger partial charge in [0.2, 0.25) is 0 Å². The molecule has 0 aromatic heterocycles. The van der Waals surface area contributed by atoms with Crippen LogP contribution in [0.5, 0.6) is 0 Å². The average molecular weight is 509 g/mol. The van der Waals surface area contributed by atoms with Gasteiger partial charge in [-0.15, -0.1) is 0 Å². The van der Waals surface area contributed by atoms with Gasteiger partial charge in [0, 0.05) is 44.8 Å². The van der Waals surface area contributed by atoms with Gasteiger partial charge in [-0.3, -0.25) is 4.79 Å². The van der Waals surface area contributed by atoms with Crippen LogP contribution in [-0.4, -0.2) is 71.7 Å². The van der Waals surface area contributed by atoms with Gasteiger partial charge in [0.25, 0.3) is 0 Å². The zero-order valence-corrected chi connectivity index (χ0v) is 22.2. The topological polar surface area (TPSA) is 84.9 Å². The second-order valence-corrected chi connectivity index (χ2v) is 10.2. The Hall–Kier alpha value is -2.90.